The molecule has 1 aromatic heterocycles. The van der Waals surface area contributed by atoms with Gasteiger partial charge in [-0.25, -0.2) is 4.98 Å². The Bertz CT molecular complexity index is 587. The van der Waals surface area contributed by atoms with E-state index >= 15 is 0 Å². The lowest BCUT2D eigenvalue weighted by atomic mass is 10.2. The third kappa shape index (κ3) is 3.74. The molecular weight excluding hydrogens is 280 g/mol. The van der Waals surface area contributed by atoms with Gasteiger partial charge in [0.25, 0.3) is 0 Å². The first-order valence-corrected chi connectivity index (χ1v) is 8.32. The zero-order valence-corrected chi connectivity index (χ0v) is 13.3. The highest BCUT2D eigenvalue weighted by molar-refractivity contribution is 7.13. The highest BCUT2D eigenvalue weighted by Gasteiger charge is 2.17. The number of aryl methyl sites for hydroxylation is 1. The summed E-state index contributed by atoms with van der Waals surface area (Å²) in [4.78, 5) is 9.32. The predicted octanol–water partition coefficient (Wildman–Crippen LogP) is 2.40. The molecule has 4 nitrogen and oxygen atoms in total. The van der Waals surface area contributed by atoms with Crippen molar-refractivity contribution >= 4 is 22.2 Å². The van der Waals surface area contributed by atoms with Crippen LogP contribution in [0.2, 0.25) is 0 Å². The van der Waals surface area contributed by atoms with Gasteiger partial charge in [-0.1, -0.05) is 12.1 Å². The Morgan fingerprint density at radius 3 is 2.71 bits per heavy atom. The van der Waals surface area contributed by atoms with Crippen LogP contribution in [0.1, 0.15) is 11.3 Å². The van der Waals surface area contributed by atoms with E-state index in [1.807, 2.05) is 0 Å². The third-order valence-electron chi connectivity index (χ3n) is 3.99. The fourth-order valence-electron chi connectivity index (χ4n) is 2.76. The second kappa shape index (κ2) is 6.45. The summed E-state index contributed by atoms with van der Waals surface area (Å²) in [6.07, 6.45) is 0.998. The summed E-state index contributed by atoms with van der Waals surface area (Å²) in [5, 5.41) is 2.74. The molecule has 0 radical (unpaired) electrons. The number of nitrogen functional groups attached to an aromatic ring is 1. The number of rotatable bonds is 4. The molecule has 1 aromatic carbocycles. The molecule has 0 amide bonds. The lowest BCUT2D eigenvalue weighted by Crippen LogP contribution is -2.47. The van der Waals surface area contributed by atoms with E-state index in [0.29, 0.717) is 5.13 Å². The fraction of sp³-hybridized carbons (Fsp3) is 0.438. The van der Waals surface area contributed by atoms with Gasteiger partial charge < -0.3 is 10.6 Å². The summed E-state index contributed by atoms with van der Waals surface area (Å²) < 4.78 is 0. The van der Waals surface area contributed by atoms with Gasteiger partial charge in [-0.2, -0.15) is 0 Å². The van der Waals surface area contributed by atoms with Crippen LogP contribution in [0, 0.1) is 6.92 Å². The number of hydrogen-bond acceptors (Lipinski definition) is 5. The lowest BCUT2D eigenvalue weighted by molar-refractivity contribution is 0.260. The molecule has 1 aliphatic rings. The number of benzene rings is 1. The van der Waals surface area contributed by atoms with Gasteiger partial charge in [-0.15, -0.1) is 11.3 Å². The molecule has 0 saturated carbocycles. The second-order valence-electron chi connectivity index (χ2n) is 5.59. The van der Waals surface area contributed by atoms with Crippen molar-refractivity contribution < 1.29 is 0 Å². The summed E-state index contributed by atoms with van der Waals surface area (Å²) in [7, 11) is 0. The van der Waals surface area contributed by atoms with Crippen molar-refractivity contribution in [2.75, 3.05) is 43.4 Å². The Hall–Kier alpha value is -1.59. The Morgan fingerprint density at radius 1 is 1.24 bits per heavy atom. The molecule has 112 valence electrons. The minimum absolute atomic E-state index is 0.675. The van der Waals surface area contributed by atoms with E-state index < -0.39 is 0 Å². The molecule has 0 atom stereocenters. The highest BCUT2D eigenvalue weighted by Crippen LogP contribution is 2.18. The minimum atomic E-state index is 0.675. The smallest absolute Gasteiger partial charge is 0.180 e. The van der Waals surface area contributed by atoms with E-state index in [9.17, 15) is 0 Å². The van der Waals surface area contributed by atoms with Gasteiger partial charge in [0.05, 0.1) is 5.69 Å². The van der Waals surface area contributed by atoms with Gasteiger partial charge in [0.2, 0.25) is 0 Å². The third-order valence-corrected chi connectivity index (χ3v) is 4.72. The molecule has 1 aliphatic heterocycles. The molecule has 2 heterocycles. The van der Waals surface area contributed by atoms with Crippen LogP contribution in [0.25, 0.3) is 0 Å². The monoisotopic (exact) mass is 302 g/mol. The van der Waals surface area contributed by atoms with Crippen LogP contribution < -0.4 is 10.6 Å². The normalized spacial score (nSPS) is 16.3. The summed E-state index contributed by atoms with van der Waals surface area (Å²) in [6.45, 7) is 7.66. The van der Waals surface area contributed by atoms with Gasteiger partial charge in [0.15, 0.2) is 5.13 Å². The number of nitrogens with zero attached hydrogens (tertiary/aromatic N) is 3. The maximum atomic E-state index is 5.67. The van der Waals surface area contributed by atoms with E-state index in [1.54, 1.807) is 0 Å². The maximum absolute atomic E-state index is 5.67. The minimum Gasteiger partial charge on any atom is -0.375 e. The molecule has 0 spiro atoms. The van der Waals surface area contributed by atoms with Gasteiger partial charge in [0, 0.05) is 50.2 Å². The SMILES string of the molecule is Cc1cccc(N2CCN(CCc3csc(N)n3)CC2)c1. The summed E-state index contributed by atoms with van der Waals surface area (Å²) in [5.41, 5.74) is 9.47. The van der Waals surface area contributed by atoms with E-state index in [-0.39, 0.29) is 0 Å². The second-order valence-corrected chi connectivity index (χ2v) is 6.48. The Labute approximate surface area is 130 Å². The summed E-state index contributed by atoms with van der Waals surface area (Å²) in [5.74, 6) is 0. The first-order chi connectivity index (χ1) is 10.2. The van der Waals surface area contributed by atoms with Crippen LogP contribution in [0.5, 0.6) is 0 Å². The van der Waals surface area contributed by atoms with Crippen LogP contribution in [0.3, 0.4) is 0 Å². The first kappa shape index (κ1) is 14.4. The molecular formula is C16H22N4S. The van der Waals surface area contributed by atoms with Crippen molar-refractivity contribution in [1.82, 2.24) is 9.88 Å². The lowest BCUT2D eigenvalue weighted by Gasteiger charge is -2.36. The number of aromatic nitrogens is 1. The molecule has 2 N–H and O–H groups in total. The number of anilines is 2. The van der Waals surface area contributed by atoms with E-state index in [4.69, 9.17) is 5.73 Å². The van der Waals surface area contributed by atoms with E-state index in [2.05, 4.69) is 51.4 Å². The van der Waals surface area contributed by atoms with E-state index in [0.717, 1.165) is 44.8 Å². The van der Waals surface area contributed by atoms with Crippen molar-refractivity contribution in [2.45, 2.75) is 13.3 Å². The Morgan fingerprint density at radius 2 is 2.05 bits per heavy atom. The summed E-state index contributed by atoms with van der Waals surface area (Å²) in [6, 6.07) is 8.78. The average Bonchev–Trinajstić information content (AvgIpc) is 2.91. The van der Waals surface area contributed by atoms with Gasteiger partial charge in [-0.3, -0.25) is 4.90 Å². The van der Waals surface area contributed by atoms with Crippen LogP contribution in [-0.4, -0.2) is 42.6 Å². The molecule has 0 aliphatic carbocycles. The molecule has 5 heteroatoms. The zero-order chi connectivity index (χ0) is 14.7. The van der Waals surface area contributed by atoms with Crippen molar-refractivity contribution in [3.05, 3.63) is 40.9 Å². The number of thiazole rings is 1. The Balaban J connectivity index is 1.49. The summed E-state index contributed by atoms with van der Waals surface area (Å²) >= 11 is 1.53. The van der Waals surface area contributed by atoms with Crippen molar-refractivity contribution in [3.8, 4) is 0 Å². The molecule has 3 rings (SSSR count). The Kier molecular flexibility index (Phi) is 4.41. The van der Waals surface area contributed by atoms with Gasteiger partial charge >= 0.3 is 0 Å². The van der Waals surface area contributed by atoms with Crippen LogP contribution >= 0.6 is 11.3 Å². The standard InChI is InChI=1S/C16H22N4S/c1-13-3-2-4-15(11-13)20-9-7-19(8-10-20)6-5-14-12-21-16(17)18-14/h2-4,11-12H,5-10H2,1H3,(H2,17,18). The van der Waals surface area contributed by atoms with Crippen molar-refractivity contribution in [3.63, 3.8) is 0 Å². The topological polar surface area (TPSA) is 45.4 Å². The molecule has 0 unspecified atom stereocenters. The van der Waals surface area contributed by atoms with E-state index in [1.165, 1.54) is 22.6 Å². The zero-order valence-electron chi connectivity index (χ0n) is 12.5. The largest absolute Gasteiger partial charge is 0.375 e. The molecule has 2 aromatic rings. The van der Waals surface area contributed by atoms with Gasteiger partial charge in [-0.05, 0) is 24.6 Å². The molecule has 1 fully saturated rings. The number of hydrogen-bond donors (Lipinski definition) is 1. The fourth-order valence-corrected chi connectivity index (χ4v) is 3.36. The predicted molar refractivity (Wildman–Crippen MR) is 90.1 cm³/mol. The first-order valence-electron chi connectivity index (χ1n) is 7.44. The molecule has 21 heavy (non-hydrogen) atoms. The van der Waals surface area contributed by atoms with Crippen molar-refractivity contribution in [2.24, 2.45) is 0 Å². The van der Waals surface area contributed by atoms with Crippen molar-refractivity contribution in [1.29, 1.82) is 0 Å². The average molecular weight is 302 g/mol. The van der Waals surface area contributed by atoms with Gasteiger partial charge in [0.1, 0.15) is 0 Å². The van der Waals surface area contributed by atoms with Crippen LogP contribution in [0.4, 0.5) is 10.8 Å². The maximum Gasteiger partial charge on any atom is 0.180 e. The number of nitrogens with two attached hydrogens (primary N) is 1. The molecule has 1 saturated heterocycles. The number of piperazine rings is 1. The van der Waals surface area contributed by atoms with Crippen LogP contribution in [0.15, 0.2) is 29.6 Å². The molecule has 0 bridgehead atoms. The highest BCUT2D eigenvalue weighted by atomic mass is 32.1. The van der Waals surface area contributed by atoms with Crippen LogP contribution in [-0.2, 0) is 6.42 Å². The quantitative estimate of drug-likeness (QED) is 0.942.